The number of carbonyl (C=O) groups excluding carboxylic acids is 2. The second kappa shape index (κ2) is 10.1. The zero-order valence-electron chi connectivity index (χ0n) is 21.6. The molecule has 1 amide bonds. The predicted octanol–water partition coefficient (Wildman–Crippen LogP) is 3.29. The summed E-state index contributed by atoms with van der Waals surface area (Å²) < 4.78 is 18.3. The number of carbonyl (C=O) groups is 2. The van der Waals surface area contributed by atoms with Crippen molar-refractivity contribution in [3.8, 4) is 11.5 Å². The molecule has 2 bridgehead atoms. The monoisotopic (exact) mass is 519 g/mol. The average molecular weight is 520 g/mol. The number of fused-ring (bicyclic) bond motifs is 2. The van der Waals surface area contributed by atoms with Gasteiger partial charge < -0.3 is 29.7 Å². The molecule has 4 aliphatic heterocycles. The topological polar surface area (TPSA) is 133 Å². The van der Waals surface area contributed by atoms with Crippen LogP contribution in [0.1, 0.15) is 64.9 Å². The van der Waals surface area contributed by atoms with Gasteiger partial charge >= 0.3 is 5.97 Å². The Hall–Kier alpha value is -2.40. The van der Waals surface area contributed by atoms with Gasteiger partial charge in [0.25, 0.3) is 0 Å². The molecule has 5 fully saturated rings. The molecule has 1 aromatic rings. The van der Waals surface area contributed by atoms with Crippen LogP contribution in [-0.2, 0) is 40.0 Å². The van der Waals surface area contributed by atoms with Gasteiger partial charge in [0.15, 0.2) is 23.4 Å². The summed E-state index contributed by atoms with van der Waals surface area (Å²) in [6.45, 7) is 6.44. The molecule has 0 aromatic heterocycles. The molecule has 4 heterocycles. The van der Waals surface area contributed by atoms with Crippen LogP contribution < -0.4 is 5.32 Å². The Morgan fingerprint density at radius 2 is 1.89 bits per heavy atom. The van der Waals surface area contributed by atoms with Crippen LogP contribution in [0.15, 0.2) is 18.2 Å². The Bertz CT molecular complexity index is 1030. The molecule has 10 heteroatoms. The van der Waals surface area contributed by atoms with Crippen LogP contribution >= 0.6 is 0 Å². The zero-order valence-corrected chi connectivity index (χ0v) is 21.6. The van der Waals surface area contributed by atoms with E-state index in [0.29, 0.717) is 25.3 Å². The molecule has 6 rings (SSSR count). The normalized spacial score (nSPS) is 38.4. The highest BCUT2D eigenvalue weighted by molar-refractivity contribution is 5.81. The Labute approximate surface area is 216 Å². The molecule has 10 nitrogen and oxygen atoms in total. The molecular formula is C27H37NO9. The van der Waals surface area contributed by atoms with Crippen LogP contribution in [0.2, 0.25) is 0 Å². The van der Waals surface area contributed by atoms with Crippen molar-refractivity contribution in [2.75, 3.05) is 6.54 Å². The third-order valence-corrected chi connectivity index (χ3v) is 8.68. The lowest BCUT2D eigenvalue weighted by atomic mass is 9.58. The second-order valence-electron chi connectivity index (χ2n) is 11.2. The van der Waals surface area contributed by atoms with Crippen molar-refractivity contribution in [3.63, 3.8) is 0 Å². The second-order valence-corrected chi connectivity index (χ2v) is 11.2. The van der Waals surface area contributed by atoms with E-state index in [1.54, 1.807) is 6.07 Å². The fourth-order valence-electron chi connectivity index (χ4n) is 6.57. The number of hydrogen-bond acceptors (Lipinski definition) is 9. The molecule has 1 saturated carbocycles. The van der Waals surface area contributed by atoms with Crippen molar-refractivity contribution in [1.82, 2.24) is 5.32 Å². The standard InChI is InChI=1S/C27H37NO9/c1-15-4-6-19-16(2)24(34-25-27(19)18(15)10-12-26(3,35-25)36-37-27)33-23(32)9-8-22(31)28-13-11-17-5-7-20(29)21(30)14-17/h5,7,14-16,18-19,24-25,29-30H,4,6,8-13H2,1-3H3,(H,28,31)/t15-,16-,18-,19-,24-,25-,26+,27-/m1/s1. The van der Waals surface area contributed by atoms with Gasteiger partial charge in [0, 0.05) is 31.2 Å². The average Bonchev–Trinajstić information content (AvgIpc) is 3.09. The van der Waals surface area contributed by atoms with Crippen molar-refractivity contribution in [2.45, 2.75) is 89.7 Å². The summed E-state index contributed by atoms with van der Waals surface area (Å²) in [4.78, 5) is 36.8. The molecule has 5 aliphatic rings. The van der Waals surface area contributed by atoms with Crippen LogP contribution in [0.25, 0.3) is 0 Å². The minimum atomic E-state index is -0.899. The van der Waals surface area contributed by atoms with Crippen molar-refractivity contribution < 1.29 is 43.8 Å². The molecule has 3 N–H and O–H groups in total. The maximum Gasteiger partial charge on any atom is 0.308 e. The summed E-state index contributed by atoms with van der Waals surface area (Å²) in [6.07, 6.45) is 2.50. The van der Waals surface area contributed by atoms with Crippen molar-refractivity contribution >= 4 is 11.9 Å². The van der Waals surface area contributed by atoms with E-state index < -0.39 is 29.9 Å². The molecule has 1 aromatic carbocycles. The first-order valence-corrected chi connectivity index (χ1v) is 13.3. The minimum absolute atomic E-state index is 0.0112. The van der Waals surface area contributed by atoms with Gasteiger partial charge in [-0.2, -0.15) is 0 Å². The maximum absolute atomic E-state index is 12.7. The van der Waals surface area contributed by atoms with Gasteiger partial charge in [-0.05, 0) is 62.1 Å². The maximum atomic E-state index is 12.7. The number of hydrogen-bond donors (Lipinski definition) is 3. The predicted molar refractivity (Wildman–Crippen MR) is 129 cm³/mol. The van der Waals surface area contributed by atoms with Gasteiger partial charge in [0.2, 0.25) is 18.0 Å². The van der Waals surface area contributed by atoms with Gasteiger partial charge in [-0.25, -0.2) is 9.78 Å². The number of ether oxygens (including phenoxy) is 3. The molecule has 0 radical (unpaired) electrons. The smallest absolute Gasteiger partial charge is 0.308 e. The number of aromatic hydroxyl groups is 2. The van der Waals surface area contributed by atoms with E-state index in [0.717, 1.165) is 24.8 Å². The number of phenolic OH excluding ortho intramolecular Hbond substituents is 2. The lowest BCUT2D eigenvalue weighted by Gasteiger charge is -2.59. The van der Waals surface area contributed by atoms with Crippen LogP contribution in [-0.4, -0.2) is 52.6 Å². The molecule has 1 spiro atoms. The number of nitrogens with one attached hydrogen (secondary N) is 1. The third-order valence-electron chi connectivity index (χ3n) is 8.68. The van der Waals surface area contributed by atoms with Crippen LogP contribution in [0.3, 0.4) is 0 Å². The van der Waals surface area contributed by atoms with E-state index >= 15 is 0 Å². The SMILES string of the molecule is C[C@H]1[C@H](OC(=O)CCC(=O)NCCc2ccc(O)c(O)c2)O[C@@H]2O[C@]3(C)CC[C@@H]4[C@H](C)CC[C@H]1[C@@]24OO3. The highest BCUT2D eigenvalue weighted by atomic mass is 17.3. The van der Waals surface area contributed by atoms with Crippen molar-refractivity contribution in [2.24, 2.45) is 23.7 Å². The first-order valence-electron chi connectivity index (χ1n) is 13.3. The van der Waals surface area contributed by atoms with E-state index in [1.807, 2.05) is 13.8 Å². The summed E-state index contributed by atoms with van der Waals surface area (Å²) in [7, 11) is 0. The van der Waals surface area contributed by atoms with Crippen LogP contribution in [0.4, 0.5) is 0 Å². The molecule has 37 heavy (non-hydrogen) atoms. The summed E-state index contributed by atoms with van der Waals surface area (Å²) in [5.74, 6) is -1.47. The summed E-state index contributed by atoms with van der Waals surface area (Å²) >= 11 is 0. The van der Waals surface area contributed by atoms with Gasteiger partial charge in [0.1, 0.15) is 0 Å². The Morgan fingerprint density at radius 3 is 2.68 bits per heavy atom. The van der Waals surface area contributed by atoms with E-state index in [2.05, 4.69) is 12.2 Å². The first kappa shape index (κ1) is 26.2. The van der Waals surface area contributed by atoms with E-state index in [4.69, 9.17) is 24.0 Å². The minimum Gasteiger partial charge on any atom is -0.504 e. The number of esters is 1. The molecule has 204 valence electrons. The van der Waals surface area contributed by atoms with Crippen molar-refractivity contribution in [1.29, 1.82) is 0 Å². The lowest BCUT2D eigenvalue weighted by Crippen LogP contribution is -2.70. The van der Waals surface area contributed by atoms with Gasteiger partial charge in [0.05, 0.1) is 6.42 Å². The largest absolute Gasteiger partial charge is 0.504 e. The summed E-state index contributed by atoms with van der Waals surface area (Å²) in [6, 6.07) is 4.52. The highest BCUT2D eigenvalue weighted by Gasteiger charge is 2.69. The molecule has 8 atom stereocenters. The number of benzene rings is 1. The number of phenols is 2. The quantitative estimate of drug-likeness (QED) is 0.282. The van der Waals surface area contributed by atoms with E-state index in [9.17, 15) is 19.8 Å². The Morgan fingerprint density at radius 1 is 1.08 bits per heavy atom. The highest BCUT2D eigenvalue weighted by Crippen LogP contribution is 2.60. The Balaban J connectivity index is 1.14. The lowest BCUT2D eigenvalue weighted by molar-refractivity contribution is -0.576. The first-order chi connectivity index (χ1) is 17.6. The van der Waals surface area contributed by atoms with Gasteiger partial charge in [-0.3, -0.25) is 9.59 Å². The third kappa shape index (κ3) is 4.92. The Kier molecular flexibility index (Phi) is 7.12. The molecule has 1 aliphatic carbocycles. The fourth-order valence-corrected chi connectivity index (χ4v) is 6.57. The molecular weight excluding hydrogens is 482 g/mol. The number of amides is 1. The van der Waals surface area contributed by atoms with Crippen LogP contribution in [0, 0.1) is 23.7 Å². The van der Waals surface area contributed by atoms with Gasteiger partial charge in [-0.15, -0.1) is 0 Å². The summed E-state index contributed by atoms with van der Waals surface area (Å²) in [5, 5.41) is 21.7. The fraction of sp³-hybridized carbons (Fsp3) is 0.704. The van der Waals surface area contributed by atoms with E-state index in [1.165, 1.54) is 12.1 Å². The van der Waals surface area contributed by atoms with Crippen LogP contribution in [0.5, 0.6) is 11.5 Å². The van der Waals surface area contributed by atoms with Crippen molar-refractivity contribution in [3.05, 3.63) is 23.8 Å². The van der Waals surface area contributed by atoms with Gasteiger partial charge in [-0.1, -0.05) is 19.9 Å². The molecule has 4 saturated heterocycles. The van der Waals surface area contributed by atoms with E-state index in [-0.39, 0.29) is 48.0 Å². The summed E-state index contributed by atoms with van der Waals surface area (Å²) in [5.41, 5.74) is 0.0534. The zero-order chi connectivity index (χ0) is 26.4. The molecule has 0 unspecified atom stereocenters. The number of rotatable bonds is 7.